The molecule has 1 amide bonds. The zero-order valence-corrected chi connectivity index (χ0v) is 17.2. The second-order valence-electron chi connectivity index (χ2n) is 6.50. The maximum atomic E-state index is 13.2. The number of anilines is 1. The summed E-state index contributed by atoms with van der Waals surface area (Å²) in [6, 6.07) is 17.3. The molecule has 0 unspecified atom stereocenters. The standard InChI is InChI=1S/C22H23N3O2S/c1-14-10-11-19(27-4)18(12-14)25-22(26)21(17-8-6-5-7-9-17)28-20-13-15(2)23-16(3)24-20/h5-13,21H,1-4H3,(H,25,26)/t21-/m1/s1. The fourth-order valence-corrected chi connectivity index (χ4v) is 4.01. The van der Waals surface area contributed by atoms with Crippen LogP contribution < -0.4 is 10.1 Å². The molecule has 3 aromatic rings. The van der Waals surface area contributed by atoms with E-state index in [1.807, 2.05) is 75.4 Å². The molecule has 0 spiro atoms. The third-order valence-electron chi connectivity index (χ3n) is 4.13. The van der Waals surface area contributed by atoms with Crippen LogP contribution in [0.15, 0.2) is 59.6 Å². The Morgan fingerprint density at radius 2 is 1.79 bits per heavy atom. The average molecular weight is 394 g/mol. The van der Waals surface area contributed by atoms with Crippen LogP contribution in [0.25, 0.3) is 0 Å². The van der Waals surface area contributed by atoms with Crippen molar-refractivity contribution in [3.63, 3.8) is 0 Å². The van der Waals surface area contributed by atoms with Crippen molar-refractivity contribution >= 4 is 23.4 Å². The number of nitrogens with one attached hydrogen (secondary N) is 1. The van der Waals surface area contributed by atoms with Crippen molar-refractivity contribution in [2.24, 2.45) is 0 Å². The highest BCUT2D eigenvalue weighted by Gasteiger charge is 2.24. The molecule has 3 rings (SSSR count). The predicted molar refractivity (Wildman–Crippen MR) is 113 cm³/mol. The van der Waals surface area contributed by atoms with Crippen molar-refractivity contribution in [3.8, 4) is 5.75 Å². The van der Waals surface area contributed by atoms with Crippen molar-refractivity contribution in [2.45, 2.75) is 31.0 Å². The highest BCUT2D eigenvalue weighted by Crippen LogP contribution is 2.36. The van der Waals surface area contributed by atoms with Gasteiger partial charge in [-0.1, -0.05) is 48.2 Å². The van der Waals surface area contributed by atoms with Crippen molar-refractivity contribution in [1.82, 2.24) is 9.97 Å². The van der Waals surface area contributed by atoms with E-state index in [2.05, 4.69) is 15.3 Å². The number of thioether (sulfide) groups is 1. The number of amides is 1. The lowest BCUT2D eigenvalue weighted by Gasteiger charge is -2.18. The minimum Gasteiger partial charge on any atom is -0.495 e. The lowest BCUT2D eigenvalue weighted by Crippen LogP contribution is -2.19. The molecule has 0 aliphatic carbocycles. The Labute approximate surface area is 169 Å². The minimum atomic E-state index is -0.458. The van der Waals surface area contributed by atoms with E-state index >= 15 is 0 Å². The fraction of sp³-hybridized carbons (Fsp3) is 0.227. The molecule has 0 radical (unpaired) electrons. The number of carbonyl (C=O) groups is 1. The number of hydrogen-bond acceptors (Lipinski definition) is 5. The van der Waals surface area contributed by atoms with Gasteiger partial charge in [-0.15, -0.1) is 0 Å². The monoisotopic (exact) mass is 393 g/mol. The number of aryl methyl sites for hydroxylation is 3. The first kappa shape index (κ1) is 19.9. The highest BCUT2D eigenvalue weighted by atomic mass is 32.2. The van der Waals surface area contributed by atoms with E-state index in [9.17, 15) is 4.79 Å². The summed E-state index contributed by atoms with van der Waals surface area (Å²) in [7, 11) is 1.59. The normalized spacial score (nSPS) is 11.7. The van der Waals surface area contributed by atoms with Gasteiger partial charge in [0.1, 0.15) is 21.8 Å². The summed E-state index contributed by atoms with van der Waals surface area (Å²) in [6.07, 6.45) is 0. The van der Waals surface area contributed by atoms with E-state index in [1.54, 1.807) is 7.11 Å². The van der Waals surface area contributed by atoms with Crippen molar-refractivity contribution in [1.29, 1.82) is 0 Å². The molecule has 1 N–H and O–H groups in total. The molecule has 2 aromatic carbocycles. The van der Waals surface area contributed by atoms with Crippen LogP contribution in [0.4, 0.5) is 5.69 Å². The second kappa shape index (κ2) is 8.89. The summed E-state index contributed by atoms with van der Waals surface area (Å²) in [4.78, 5) is 22.0. The molecule has 0 fully saturated rings. The molecule has 144 valence electrons. The zero-order valence-electron chi connectivity index (χ0n) is 16.4. The van der Waals surface area contributed by atoms with Gasteiger partial charge in [0.2, 0.25) is 5.91 Å². The first-order valence-corrected chi connectivity index (χ1v) is 9.83. The van der Waals surface area contributed by atoms with Crippen molar-refractivity contribution in [2.75, 3.05) is 12.4 Å². The van der Waals surface area contributed by atoms with E-state index in [1.165, 1.54) is 11.8 Å². The molecule has 5 nitrogen and oxygen atoms in total. The first-order chi connectivity index (χ1) is 13.5. The van der Waals surface area contributed by atoms with Gasteiger partial charge in [0.05, 0.1) is 12.8 Å². The van der Waals surface area contributed by atoms with Crippen LogP contribution >= 0.6 is 11.8 Å². The zero-order chi connectivity index (χ0) is 20.1. The Kier molecular flexibility index (Phi) is 6.31. The number of nitrogens with zero attached hydrogens (tertiary/aromatic N) is 2. The maximum absolute atomic E-state index is 13.2. The predicted octanol–water partition coefficient (Wildman–Crippen LogP) is 4.88. The van der Waals surface area contributed by atoms with Gasteiger partial charge >= 0.3 is 0 Å². The molecular weight excluding hydrogens is 370 g/mol. The van der Waals surface area contributed by atoms with Crippen LogP contribution in [0.3, 0.4) is 0 Å². The van der Waals surface area contributed by atoms with E-state index in [0.717, 1.165) is 21.8 Å². The quantitative estimate of drug-likeness (QED) is 0.477. The third kappa shape index (κ3) is 4.89. The van der Waals surface area contributed by atoms with Gasteiger partial charge in [-0.05, 0) is 50.1 Å². The van der Waals surface area contributed by atoms with Crippen LogP contribution in [0.2, 0.25) is 0 Å². The van der Waals surface area contributed by atoms with Crippen LogP contribution in [-0.4, -0.2) is 23.0 Å². The molecule has 0 aliphatic rings. The van der Waals surface area contributed by atoms with Crippen molar-refractivity contribution in [3.05, 3.63) is 77.2 Å². The Morgan fingerprint density at radius 1 is 1.04 bits per heavy atom. The molecule has 28 heavy (non-hydrogen) atoms. The summed E-state index contributed by atoms with van der Waals surface area (Å²) < 4.78 is 5.39. The molecule has 0 bridgehead atoms. The number of aromatic nitrogens is 2. The third-order valence-corrected chi connectivity index (χ3v) is 5.31. The maximum Gasteiger partial charge on any atom is 0.242 e. The smallest absolute Gasteiger partial charge is 0.242 e. The molecule has 1 heterocycles. The van der Waals surface area contributed by atoms with Gasteiger partial charge in [-0.2, -0.15) is 0 Å². The number of ether oxygens (including phenoxy) is 1. The van der Waals surface area contributed by atoms with E-state index in [0.29, 0.717) is 17.3 Å². The summed E-state index contributed by atoms with van der Waals surface area (Å²) in [6.45, 7) is 5.76. The fourth-order valence-electron chi connectivity index (χ4n) is 2.88. The Balaban J connectivity index is 1.93. The number of benzene rings is 2. The van der Waals surface area contributed by atoms with Gasteiger partial charge in [0.15, 0.2) is 0 Å². The summed E-state index contributed by atoms with van der Waals surface area (Å²) >= 11 is 1.41. The lowest BCUT2D eigenvalue weighted by atomic mass is 10.1. The first-order valence-electron chi connectivity index (χ1n) is 8.95. The molecule has 0 aliphatic heterocycles. The SMILES string of the molecule is COc1ccc(C)cc1NC(=O)[C@H](Sc1cc(C)nc(C)n1)c1ccccc1. The van der Waals surface area contributed by atoms with E-state index in [4.69, 9.17) is 4.74 Å². The van der Waals surface area contributed by atoms with Crippen LogP contribution in [0, 0.1) is 20.8 Å². The van der Waals surface area contributed by atoms with Gasteiger partial charge < -0.3 is 10.1 Å². The number of carbonyl (C=O) groups excluding carboxylic acids is 1. The topological polar surface area (TPSA) is 64.1 Å². The van der Waals surface area contributed by atoms with E-state index < -0.39 is 5.25 Å². The van der Waals surface area contributed by atoms with Crippen molar-refractivity contribution < 1.29 is 9.53 Å². The largest absolute Gasteiger partial charge is 0.495 e. The van der Waals surface area contributed by atoms with Gasteiger partial charge in [-0.25, -0.2) is 9.97 Å². The second-order valence-corrected chi connectivity index (χ2v) is 7.62. The minimum absolute atomic E-state index is 0.131. The van der Waals surface area contributed by atoms with Crippen LogP contribution in [0.5, 0.6) is 5.75 Å². The lowest BCUT2D eigenvalue weighted by molar-refractivity contribution is -0.115. The molecule has 0 saturated carbocycles. The van der Waals surface area contributed by atoms with Gasteiger partial charge in [0.25, 0.3) is 0 Å². The number of hydrogen-bond donors (Lipinski definition) is 1. The molecule has 1 atom stereocenters. The molecule has 6 heteroatoms. The highest BCUT2D eigenvalue weighted by molar-refractivity contribution is 8.00. The van der Waals surface area contributed by atoms with E-state index in [-0.39, 0.29) is 5.91 Å². The Morgan fingerprint density at radius 3 is 2.46 bits per heavy atom. The van der Waals surface area contributed by atoms with Crippen LogP contribution in [0.1, 0.15) is 27.9 Å². The Hall–Kier alpha value is -2.86. The van der Waals surface area contributed by atoms with Crippen LogP contribution in [-0.2, 0) is 4.79 Å². The Bertz CT molecular complexity index is 957. The number of methoxy groups -OCH3 is 1. The molecule has 1 aromatic heterocycles. The number of rotatable bonds is 6. The summed E-state index contributed by atoms with van der Waals surface area (Å²) in [5.41, 5.74) is 3.49. The van der Waals surface area contributed by atoms with Gasteiger partial charge in [-0.3, -0.25) is 4.79 Å². The molecule has 0 saturated heterocycles. The molecular formula is C22H23N3O2S. The summed E-state index contributed by atoms with van der Waals surface area (Å²) in [5, 5.41) is 3.33. The van der Waals surface area contributed by atoms with Gasteiger partial charge in [0, 0.05) is 5.69 Å². The average Bonchev–Trinajstić information content (AvgIpc) is 2.66. The summed E-state index contributed by atoms with van der Waals surface area (Å²) in [5.74, 6) is 1.19.